The molecule has 1 heterocycles. The monoisotopic (exact) mass is 545 g/mol. The lowest BCUT2D eigenvalue weighted by Crippen LogP contribution is -2.46. The molecule has 1 aliphatic rings. The van der Waals surface area contributed by atoms with E-state index >= 15 is 0 Å². The zero-order valence-corrected chi connectivity index (χ0v) is 21.6. The van der Waals surface area contributed by atoms with E-state index in [4.69, 9.17) is 9.47 Å². The first-order valence-electron chi connectivity index (χ1n) is 12.1. The van der Waals surface area contributed by atoms with Gasteiger partial charge in [-0.1, -0.05) is 72.8 Å². The molecule has 0 bridgehead atoms. The van der Waals surface area contributed by atoms with Crippen molar-refractivity contribution in [1.82, 2.24) is 4.90 Å². The summed E-state index contributed by atoms with van der Waals surface area (Å²) in [7, 11) is 1.62. The minimum Gasteiger partial charge on any atom is -0.497 e. The van der Waals surface area contributed by atoms with E-state index in [-0.39, 0.29) is 12.0 Å². The number of hydrogen-bond donors (Lipinski definition) is 1. The summed E-state index contributed by atoms with van der Waals surface area (Å²) in [4.78, 5) is 14.8. The summed E-state index contributed by atoms with van der Waals surface area (Å²) >= 11 is 3.60. The molecule has 4 aromatic carbocycles. The molecule has 1 fully saturated rings. The molecule has 1 amide bonds. The number of ether oxygens (including phenoxy) is 2. The van der Waals surface area contributed by atoms with Gasteiger partial charge >= 0.3 is 6.09 Å². The predicted octanol–water partition coefficient (Wildman–Crippen LogP) is 6.76. The minimum atomic E-state index is -1.13. The molecule has 6 heteroatoms. The standard InChI is InChI=1S/C30H28BrNO4/c1-35-25-14-12-21-13-15-27(28(31)26(21)20-25)36-29(33)32-18-16-24(17-19-32)30(34,22-8-4-2-5-9-22)23-10-6-3-7-11-23/h2-15,20,24,34H,16-19H2,1H3. The first-order chi connectivity index (χ1) is 17.5. The number of methoxy groups -OCH3 is 1. The van der Waals surface area contributed by atoms with Gasteiger partial charge < -0.3 is 19.5 Å². The zero-order chi connectivity index (χ0) is 25.1. The second-order valence-corrected chi connectivity index (χ2v) is 9.89. The molecule has 0 unspecified atom stereocenters. The second-order valence-electron chi connectivity index (χ2n) is 9.09. The van der Waals surface area contributed by atoms with E-state index in [0.717, 1.165) is 27.6 Å². The summed E-state index contributed by atoms with van der Waals surface area (Å²) in [5.74, 6) is 1.16. The van der Waals surface area contributed by atoms with Crippen LogP contribution in [-0.4, -0.2) is 36.3 Å². The Morgan fingerprint density at radius 1 is 0.917 bits per heavy atom. The molecule has 4 aromatic rings. The van der Waals surface area contributed by atoms with E-state index in [0.29, 0.717) is 36.2 Å². The number of carbonyl (C=O) groups is 1. The van der Waals surface area contributed by atoms with Crippen LogP contribution in [0.3, 0.4) is 0 Å². The van der Waals surface area contributed by atoms with E-state index in [1.807, 2.05) is 84.9 Å². The summed E-state index contributed by atoms with van der Waals surface area (Å²) in [6.07, 6.45) is 0.927. The van der Waals surface area contributed by atoms with Gasteiger partial charge in [0.15, 0.2) is 0 Å². The molecule has 0 aliphatic carbocycles. The number of amides is 1. The third kappa shape index (κ3) is 4.59. The molecule has 0 aromatic heterocycles. The number of piperidine rings is 1. The molecule has 5 nitrogen and oxygen atoms in total. The van der Waals surface area contributed by atoms with Crippen molar-refractivity contribution in [2.75, 3.05) is 20.2 Å². The Morgan fingerprint density at radius 3 is 2.08 bits per heavy atom. The number of benzene rings is 4. The summed E-state index contributed by atoms with van der Waals surface area (Å²) in [6.45, 7) is 1.01. The molecular formula is C30H28BrNO4. The second kappa shape index (κ2) is 10.3. The Kier molecular flexibility index (Phi) is 6.99. The first-order valence-corrected chi connectivity index (χ1v) is 12.9. The summed E-state index contributed by atoms with van der Waals surface area (Å²) in [5, 5.41) is 14.0. The summed E-state index contributed by atoms with van der Waals surface area (Å²) < 4.78 is 11.8. The molecule has 1 saturated heterocycles. The SMILES string of the molecule is COc1ccc2ccc(OC(=O)N3CCC(C(O)(c4ccccc4)c4ccccc4)CC3)c(Br)c2c1. The van der Waals surface area contributed by atoms with Crippen LogP contribution < -0.4 is 9.47 Å². The highest BCUT2D eigenvalue weighted by molar-refractivity contribution is 9.10. The lowest BCUT2D eigenvalue weighted by Gasteiger charge is -2.42. The topological polar surface area (TPSA) is 59.0 Å². The van der Waals surface area contributed by atoms with Crippen LogP contribution in [0.2, 0.25) is 0 Å². The third-order valence-electron chi connectivity index (χ3n) is 7.10. The number of likely N-dealkylation sites (tertiary alicyclic amines) is 1. The van der Waals surface area contributed by atoms with Gasteiger partial charge in [0.2, 0.25) is 0 Å². The van der Waals surface area contributed by atoms with E-state index in [2.05, 4.69) is 15.9 Å². The molecule has 5 rings (SSSR count). The smallest absolute Gasteiger partial charge is 0.415 e. The van der Waals surface area contributed by atoms with Crippen LogP contribution in [0.1, 0.15) is 24.0 Å². The van der Waals surface area contributed by atoms with Crippen molar-refractivity contribution in [3.8, 4) is 11.5 Å². The molecule has 0 saturated carbocycles. The van der Waals surface area contributed by atoms with Crippen LogP contribution in [0.15, 0.2) is 95.5 Å². The Bertz CT molecular complexity index is 1310. The number of carbonyl (C=O) groups excluding carboxylic acids is 1. The van der Waals surface area contributed by atoms with Gasteiger partial charge in [0.25, 0.3) is 0 Å². The minimum absolute atomic E-state index is 0.0359. The largest absolute Gasteiger partial charge is 0.497 e. The van der Waals surface area contributed by atoms with Gasteiger partial charge in [-0.05, 0) is 69.4 Å². The first kappa shape index (κ1) is 24.3. The lowest BCUT2D eigenvalue weighted by molar-refractivity contribution is -0.0116. The summed E-state index contributed by atoms with van der Waals surface area (Å²) in [6, 6.07) is 29.1. The Balaban J connectivity index is 1.32. The molecule has 0 atom stereocenters. The van der Waals surface area contributed by atoms with Crippen molar-refractivity contribution < 1.29 is 19.4 Å². The van der Waals surface area contributed by atoms with E-state index < -0.39 is 5.60 Å². The number of fused-ring (bicyclic) bond motifs is 1. The zero-order valence-electron chi connectivity index (χ0n) is 20.1. The molecule has 0 spiro atoms. The van der Waals surface area contributed by atoms with Crippen LogP contribution in [-0.2, 0) is 5.60 Å². The maximum Gasteiger partial charge on any atom is 0.415 e. The van der Waals surface area contributed by atoms with Crippen LogP contribution in [0.4, 0.5) is 4.79 Å². The molecule has 36 heavy (non-hydrogen) atoms. The Morgan fingerprint density at radius 2 is 1.50 bits per heavy atom. The molecule has 0 radical (unpaired) electrons. The average molecular weight is 546 g/mol. The van der Waals surface area contributed by atoms with Gasteiger partial charge in [-0.25, -0.2) is 4.79 Å². The number of rotatable bonds is 5. The number of hydrogen-bond acceptors (Lipinski definition) is 4. The van der Waals surface area contributed by atoms with Crippen molar-refractivity contribution in [3.63, 3.8) is 0 Å². The predicted molar refractivity (Wildman–Crippen MR) is 144 cm³/mol. The highest BCUT2D eigenvalue weighted by Gasteiger charge is 2.42. The quantitative estimate of drug-likeness (QED) is 0.301. The lowest BCUT2D eigenvalue weighted by atomic mass is 9.72. The van der Waals surface area contributed by atoms with Crippen molar-refractivity contribution in [2.24, 2.45) is 5.92 Å². The molecule has 1 N–H and O–H groups in total. The maximum atomic E-state index is 13.1. The Labute approximate surface area is 219 Å². The molecule has 1 aliphatic heterocycles. The van der Waals surface area contributed by atoms with Gasteiger partial charge in [0.1, 0.15) is 17.1 Å². The van der Waals surface area contributed by atoms with Gasteiger partial charge in [0, 0.05) is 18.5 Å². The van der Waals surface area contributed by atoms with Crippen molar-refractivity contribution in [1.29, 1.82) is 0 Å². The van der Waals surface area contributed by atoms with Crippen LogP contribution in [0.25, 0.3) is 10.8 Å². The fraction of sp³-hybridized carbons (Fsp3) is 0.233. The van der Waals surface area contributed by atoms with Crippen LogP contribution >= 0.6 is 15.9 Å². The van der Waals surface area contributed by atoms with E-state index in [9.17, 15) is 9.90 Å². The van der Waals surface area contributed by atoms with Gasteiger partial charge in [-0.3, -0.25) is 0 Å². The fourth-order valence-electron chi connectivity index (χ4n) is 5.11. The van der Waals surface area contributed by atoms with E-state index in [1.54, 1.807) is 18.1 Å². The van der Waals surface area contributed by atoms with Crippen molar-refractivity contribution in [2.45, 2.75) is 18.4 Å². The molecule has 184 valence electrons. The van der Waals surface area contributed by atoms with Crippen LogP contribution in [0, 0.1) is 5.92 Å². The summed E-state index contributed by atoms with van der Waals surface area (Å²) in [5.41, 5.74) is 0.611. The Hall–Kier alpha value is -3.35. The average Bonchev–Trinajstić information content (AvgIpc) is 2.95. The van der Waals surface area contributed by atoms with E-state index in [1.165, 1.54) is 0 Å². The van der Waals surface area contributed by atoms with Gasteiger partial charge in [-0.2, -0.15) is 0 Å². The number of nitrogens with zero attached hydrogens (tertiary/aromatic N) is 1. The highest BCUT2D eigenvalue weighted by atomic mass is 79.9. The fourth-order valence-corrected chi connectivity index (χ4v) is 5.67. The van der Waals surface area contributed by atoms with Crippen LogP contribution in [0.5, 0.6) is 11.5 Å². The van der Waals surface area contributed by atoms with Gasteiger partial charge in [0.05, 0.1) is 11.6 Å². The normalized spacial score (nSPS) is 14.6. The van der Waals surface area contributed by atoms with Crippen molar-refractivity contribution in [3.05, 3.63) is 107 Å². The van der Waals surface area contributed by atoms with Gasteiger partial charge in [-0.15, -0.1) is 0 Å². The third-order valence-corrected chi connectivity index (χ3v) is 7.91. The van der Waals surface area contributed by atoms with Crippen molar-refractivity contribution >= 4 is 32.8 Å². The highest BCUT2D eigenvalue weighted by Crippen LogP contribution is 2.42. The maximum absolute atomic E-state index is 13.1. The number of aliphatic hydroxyl groups is 1. The number of halogens is 1. The molecular weight excluding hydrogens is 518 g/mol.